The summed E-state index contributed by atoms with van der Waals surface area (Å²) in [5, 5.41) is 12.5. The molecule has 2 N–H and O–H groups in total. The maximum atomic E-state index is 5.46. The van der Waals surface area contributed by atoms with Gasteiger partial charge in [-0.15, -0.1) is 5.10 Å². The summed E-state index contributed by atoms with van der Waals surface area (Å²) >= 11 is 0. The Labute approximate surface area is 99.7 Å². The first-order valence-corrected chi connectivity index (χ1v) is 5.38. The van der Waals surface area contributed by atoms with Crippen LogP contribution in [0.1, 0.15) is 22.8 Å². The molecule has 17 heavy (non-hydrogen) atoms. The molecule has 2 heterocycles. The van der Waals surface area contributed by atoms with Crippen molar-refractivity contribution in [3.63, 3.8) is 0 Å². The van der Waals surface area contributed by atoms with Crippen LogP contribution in [0.15, 0.2) is 17.2 Å². The largest absolute Gasteiger partial charge is 0.320 e. The fourth-order valence-electron chi connectivity index (χ4n) is 1.86. The number of hydrogen-bond donors (Lipinski definition) is 1. The molecule has 0 unspecified atom stereocenters. The quantitative estimate of drug-likeness (QED) is 0.318. The molecule has 0 spiro atoms. The van der Waals surface area contributed by atoms with Crippen LogP contribution in [0.2, 0.25) is 0 Å². The first-order valence-electron chi connectivity index (χ1n) is 5.38. The van der Waals surface area contributed by atoms with E-state index in [1.54, 1.807) is 9.36 Å². The van der Waals surface area contributed by atoms with Crippen molar-refractivity contribution in [1.82, 2.24) is 19.6 Å². The summed E-state index contributed by atoms with van der Waals surface area (Å²) in [4.78, 5) is 0. The van der Waals surface area contributed by atoms with Gasteiger partial charge in [0.05, 0.1) is 11.4 Å². The van der Waals surface area contributed by atoms with E-state index in [4.69, 9.17) is 5.84 Å². The molecular weight excluding hydrogens is 216 g/mol. The molecule has 0 aliphatic carbocycles. The average molecular weight is 232 g/mol. The molecular formula is C11H16N6. The molecule has 6 nitrogen and oxygen atoms in total. The maximum absolute atomic E-state index is 5.46. The molecule has 0 fully saturated rings. The van der Waals surface area contributed by atoms with E-state index in [1.165, 1.54) is 0 Å². The first-order chi connectivity index (χ1) is 8.02. The third-order valence-corrected chi connectivity index (χ3v) is 2.51. The second kappa shape index (κ2) is 4.04. The highest BCUT2D eigenvalue weighted by atomic mass is 15.5. The fraction of sp³-hybridized carbons (Fsp3) is 0.364. The Hall–Kier alpha value is -2.11. The summed E-state index contributed by atoms with van der Waals surface area (Å²) in [6.45, 7) is 7.77. The number of hydrogen-bond acceptors (Lipinski definition) is 4. The van der Waals surface area contributed by atoms with Crippen LogP contribution < -0.4 is 5.84 Å². The zero-order valence-electron chi connectivity index (χ0n) is 10.5. The van der Waals surface area contributed by atoms with Gasteiger partial charge in [0.25, 0.3) is 5.96 Å². The van der Waals surface area contributed by atoms with E-state index in [0.717, 1.165) is 22.8 Å². The lowest BCUT2D eigenvalue weighted by Crippen LogP contribution is -2.27. The van der Waals surface area contributed by atoms with Crippen molar-refractivity contribution in [2.24, 2.45) is 10.9 Å². The Bertz CT molecular complexity index is 527. The molecule has 0 atom stereocenters. The van der Waals surface area contributed by atoms with Crippen molar-refractivity contribution in [2.45, 2.75) is 27.7 Å². The second-order valence-electron chi connectivity index (χ2n) is 4.11. The van der Waals surface area contributed by atoms with E-state index in [1.807, 2.05) is 39.8 Å². The number of aryl methyl sites for hydroxylation is 4. The number of aromatic nitrogens is 4. The van der Waals surface area contributed by atoms with Gasteiger partial charge >= 0.3 is 0 Å². The van der Waals surface area contributed by atoms with Gasteiger partial charge in [-0.05, 0) is 39.8 Å². The van der Waals surface area contributed by atoms with Gasteiger partial charge in [-0.3, -0.25) is 0 Å². The Morgan fingerprint density at radius 2 is 1.41 bits per heavy atom. The van der Waals surface area contributed by atoms with Crippen LogP contribution in [0, 0.1) is 27.7 Å². The van der Waals surface area contributed by atoms with Crippen molar-refractivity contribution in [3.05, 3.63) is 34.9 Å². The molecule has 2 rings (SSSR count). The van der Waals surface area contributed by atoms with Crippen molar-refractivity contribution in [2.75, 3.05) is 0 Å². The normalized spacial score (nSPS) is 10.6. The van der Waals surface area contributed by atoms with Gasteiger partial charge in [-0.2, -0.15) is 10.2 Å². The Morgan fingerprint density at radius 3 is 1.65 bits per heavy atom. The van der Waals surface area contributed by atoms with E-state index >= 15 is 0 Å². The van der Waals surface area contributed by atoms with E-state index in [-0.39, 0.29) is 0 Å². The van der Waals surface area contributed by atoms with Crippen LogP contribution in [0.3, 0.4) is 0 Å². The summed E-state index contributed by atoms with van der Waals surface area (Å²) in [6.07, 6.45) is 0. The van der Waals surface area contributed by atoms with Crippen molar-refractivity contribution in [1.29, 1.82) is 0 Å². The minimum absolute atomic E-state index is 0.501. The summed E-state index contributed by atoms with van der Waals surface area (Å²) in [6, 6.07) is 3.94. The zero-order chi connectivity index (χ0) is 12.6. The molecule has 0 radical (unpaired) electrons. The molecule has 0 aliphatic rings. The molecule has 0 saturated carbocycles. The van der Waals surface area contributed by atoms with Gasteiger partial charge in [0, 0.05) is 11.4 Å². The van der Waals surface area contributed by atoms with Crippen LogP contribution in [0.5, 0.6) is 0 Å². The smallest absolute Gasteiger partial charge is 0.268 e. The highest BCUT2D eigenvalue weighted by Crippen LogP contribution is 2.06. The van der Waals surface area contributed by atoms with Crippen LogP contribution in [0.25, 0.3) is 0 Å². The van der Waals surface area contributed by atoms with Gasteiger partial charge < -0.3 is 5.84 Å². The average Bonchev–Trinajstić information content (AvgIpc) is 2.73. The number of nitrogens with zero attached hydrogens (tertiary/aromatic N) is 5. The molecule has 0 aliphatic heterocycles. The van der Waals surface area contributed by atoms with Crippen LogP contribution in [-0.2, 0) is 0 Å². The van der Waals surface area contributed by atoms with Gasteiger partial charge in [-0.1, -0.05) is 0 Å². The first kappa shape index (κ1) is 11.4. The number of nitrogens with two attached hydrogens (primary N) is 1. The van der Waals surface area contributed by atoms with Gasteiger partial charge in [0.1, 0.15) is 0 Å². The fourth-order valence-corrected chi connectivity index (χ4v) is 1.86. The highest BCUT2D eigenvalue weighted by Gasteiger charge is 2.13. The number of rotatable bonds is 0. The van der Waals surface area contributed by atoms with Crippen molar-refractivity contribution < 1.29 is 0 Å². The van der Waals surface area contributed by atoms with Crippen LogP contribution >= 0.6 is 0 Å². The topological polar surface area (TPSA) is 74.0 Å². The lowest BCUT2D eigenvalue weighted by molar-refractivity contribution is 0.765. The molecule has 0 bridgehead atoms. The van der Waals surface area contributed by atoms with Gasteiger partial charge in [-0.25, -0.2) is 9.36 Å². The SMILES string of the molecule is Cc1cc(C)n(C(=NN)n2nc(C)cc2C)n1. The summed E-state index contributed by atoms with van der Waals surface area (Å²) in [5.41, 5.74) is 3.79. The van der Waals surface area contributed by atoms with Crippen molar-refractivity contribution in [3.8, 4) is 0 Å². The lowest BCUT2D eigenvalue weighted by atomic mass is 10.4. The predicted octanol–water partition coefficient (Wildman–Crippen LogP) is 0.939. The van der Waals surface area contributed by atoms with E-state index < -0.39 is 0 Å². The zero-order valence-corrected chi connectivity index (χ0v) is 10.5. The lowest BCUT2D eigenvalue weighted by Gasteiger charge is -2.08. The van der Waals surface area contributed by atoms with Gasteiger partial charge in [0.15, 0.2) is 0 Å². The second-order valence-corrected chi connectivity index (χ2v) is 4.11. The number of hydrazone groups is 1. The van der Waals surface area contributed by atoms with Crippen LogP contribution in [0.4, 0.5) is 0 Å². The van der Waals surface area contributed by atoms with Crippen molar-refractivity contribution >= 4 is 5.96 Å². The summed E-state index contributed by atoms with van der Waals surface area (Å²) in [7, 11) is 0. The third-order valence-electron chi connectivity index (χ3n) is 2.51. The monoisotopic (exact) mass is 232 g/mol. The van der Waals surface area contributed by atoms with E-state index in [9.17, 15) is 0 Å². The molecule has 90 valence electrons. The van der Waals surface area contributed by atoms with E-state index in [2.05, 4.69) is 15.3 Å². The Morgan fingerprint density at radius 1 is 1.00 bits per heavy atom. The summed E-state index contributed by atoms with van der Waals surface area (Å²) in [5.74, 6) is 5.96. The predicted molar refractivity (Wildman–Crippen MR) is 65.8 cm³/mol. The highest BCUT2D eigenvalue weighted by molar-refractivity contribution is 5.84. The van der Waals surface area contributed by atoms with E-state index in [0.29, 0.717) is 5.96 Å². The summed E-state index contributed by atoms with van der Waals surface area (Å²) < 4.78 is 3.38. The molecule has 0 saturated heterocycles. The Balaban J connectivity index is 2.56. The molecule has 0 aromatic carbocycles. The van der Waals surface area contributed by atoms with Gasteiger partial charge in [0.2, 0.25) is 0 Å². The molecule has 0 amide bonds. The van der Waals surface area contributed by atoms with Crippen LogP contribution in [-0.4, -0.2) is 25.5 Å². The standard InChI is InChI=1S/C11H16N6/c1-7-5-9(3)16(14-7)11(13-12)17-10(4)6-8(2)15-17/h5-6H,12H2,1-4H3. The maximum Gasteiger partial charge on any atom is 0.268 e. The molecule has 2 aromatic rings. The minimum Gasteiger partial charge on any atom is -0.320 e. The molecule has 6 heteroatoms. The molecule has 2 aromatic heterocycles. The third kappa shape index (κ3) is 1.93. The Kier molecular flexibility index (Phi) is 2.71. The minimum atomic E-state index is 0.501.